The Hall–Kier alpha value is -10.9. The number of carbonyl (C=O) groups excluding carboxylic acids is 3. The number of unbranched alkanes of at least 4 members (excludes halogenated alkanes) is 1. The smallest absolute Gasteiger partial charge is 0.418 e. The van der Waals surface area contributed by atoms with E-state index in [0.29, 0.717) is 138 Å². The minimum atomic E-state index is -4.58. The number of sulfonamides is 3. The summed E-state index contributed by atoms with van der Waals surface area (Å²) in [5, 5.41) is 66.8. The van der Waals surface area contributed by atoms with E-state index in [2.05, 4.69) is 39.8 Å². The highest BCUT2D eigenvalue weighted by Gasteiger charge is 2.39. The molecule has 12 aromatic heterocycles. The molecule has 0 aliphatic heterocycles. The predicted molar refractivity (Wildman–Crippen MR) is 583 cm³/mol. The van der Waals surface area contributed by atoms with Crippen LogP contribution in [0.25, 0.3) is 10.7 Å². The van der Waals surface area contributed by atoms with Crippen molar-refractivity contribution in [2.75, 3.05) is 45.9 Å². The number of aryl methyl sites for hydroxylation is 12. The number of hydrogen-bond donors (Lipinski definition) is 11. The van der Waals surface area contributed by atoms with Crippen LogP contribution in [-0.2, 0) is 42.7 Å². The fourth-order valence-electron chi connectivity index (χ4n) is 11.2. The van der Waals surface area contributed by atoms with Gasteiger partial charge in [-0.25, -0.2) is 78.0 Å². The molecule has 54 heteroatoms. The van der Waals surface area contributed by atoms with E-state index in [0.717, 1.165) is 98.2 Å². The Morgan fingerprint density at radius 2 is 0.738 bits per heavy atom. The number of nitrogens with zero attached hydrogens (tertiary/aromatic N) is 2. The van der Waals surface area contributed by atoms with Crippen LogP contribution in [0.5, 0.6) is 40.2 Å². The molecule has 0 aromatic carbocycles. The quantitative estimate of drug-likeness (QED) is 0.0167. The Balaban J connectivity index is 0.000000423. The number of carbonyl (C=O) groups is 10. The van der Waals surface area contributed by atoms with Crippen LogP contribution in [0.1, 0.15) is 270 Å². The summed E-state index contributed by atoms with van der Waals surface area (Å²) < 4.78 is 148. The van der Waals surface area contributed by atoms with E-state index in [4.69, 9.17) is 80.5 Å². The third-order valence-electron chi connectivity index (χ3n) is 17.5. The maximum atomic E-state index is 12.2. The number of halogens is 4. The maximum Gasteiger partial charge on any atom is 0.418 e. The molecule has 13 rings (SSSR count). The highest BCUT2D eigenvalue weighted by atomic mass is 35.5. The molecule has 12 aromatic rings. The van der Waals surface area contributed by atoms with Gasteiger partial charge in [0.1, 0.15) is 75.8 Å². The molecule has 0 spiro atoms. The van der Waals surface area contributed by atoms with Gasteiger partial charge in [0.2, 0.25) is 30.1 Å². The number of H-pyrrole nitrogens is 1. The Bertz CT molecular complexity index is 6690. The maximum absolute atomic E-state index is 12.2. The van der Waals surface area contributed by atoms with E-state index in [-0.39, 0.29) is 25.6 Å². The number of alkyl halides is 3. The van der Waals surface area contributed by atoms with Crippen molar-refractivity contribution in [1.29, 1.82) is 0 Å². The number of thiophene rings is 11. The third kappa shape index (κ3) is 46.4. The van der Waals surface area contributed by atoms with E-state index in [9.17, 15) is 86.4 Å². The fraction of sp³-hybridized carbons (Fsp3) is 0.411. The zero-order chi connectivity index (χ0) is 113. The standard InChI is InChI=1S/C11H15NO4S2.C11H17NO4S2.C10H14O3S.C9H13NO4S2.2C9H12O3S.C8H10O3S.C8H10O2S.C7H5F3O2S.C7H7N3S.C6H5ClO2S/c1-3-16-9-6-7(2)17-10(9)11(13)12-18(14,15)8-4-5-8;1-5-16-9-6-8(4)17-10(9)11(13)12-18(14,15)7(2)3;1-3-4-5-13-8-6-7(2)14-9(8)10(11)12;1-4-14-7-5-6(2)15-8(7)9(11)10-16(3,12)13;1-5(2)12-7-4-6(3)13-8(7)9(10)11;1-3-4-12-7-5-6(2)13-8(7)9(10)11;1-3-11-6-4-5(2)12-7(6)8(9)10;1-3-6-4-5(2)11-7(6)8(9)10;1-3-2-4(7(8,9)10)5(13-3)6(11)12;1-5-2-3-6(11-5)7-8-4-9-10-7;1-3-2-4(7)5(10-3)6(8)9/h6,8H,3-5H2,1-2H3,(H,12,13);6-7H,5H2,1-4H3,(H,12,13);6H,3-5H2,1-2H3,(H,11,12);5H,4H2,1-3H3,(H,10,11);4-5H,1-3H3,(H,10,11);5H,3-4H2,1-2H3,(H,10,11);4H,3H2,1-2H3,(H,9,10);4H,3H2,1-2H3,(H,9,10);2H,1H3,(H,11,12);2-4H,1H3,(H,8,9,10);2H,1H3,(H,8,9). The number of aromatic amines is 1. The van der Waals surface area contributed by atoms with Crippen LogP contribution in [0.4, 0.5) is 13.2 Å². The minimum absolute atomic E-state index is 0.00657. The summed E-state index contributed by atoms with van der Waals surface area (Å²) in [6, 6.07) is 20.8. The molecular weight excluding hydrogens is 2250 g/mol. The van der Waals surface area contributed by atoms with Crippen LogP contribution in [0.2, 0.25) is 5.02 Å². The zero-order valence-electron chi connectivity index (χ0n) is 85.4. The summed E-state index contributed by atoms with van der Waals surface area (Å²) in [7, 11) is -10.7. The van der Waals surface area contributed by atoms with Gasteiger partial charge in [-0.1, -0.05) is 38.8 Å². The first-order valence-electron chi connectivity index (χ1n) is 44.8. The second kappa shape index (κ2) is 63.4. The summed E-state index contributed by atoms with van der Waals surface area (Å²) >= 11 is 19.1. The largest absolute Gasteiger partial charge is 0.492 e. The highest BCUT2D eigenvalue weighted by molar-refractivity contribution is 7.91. The number of rotatable bonds is 34. The lowest BCUT2D eigenvalue weighted by atomic mass is 10.2. The molecule has 1 saturated carbocycles. The number of nitrogens with one attached hydrogen (secondary N) is 4. The molecule has 822 valence electrons. The average molecular weight is 2370 g/mol. The third-order valence-corrected chi connectivity index (χ3v) is 33.3. The normalized spacial score (nSPS) is 11.2. The molecular formula is C95H120ClF3N6O30S14. The monoisotopic (exact) mass is 2360 g/mol. The lowest BCUT2D eigenvalue weighted by Crippen LogP contribution is -2.35. The summed E-state index contributed by atoms with van der Waals surface area (Å²) in [4.78, 5) is 127. The number of aromatic nitrogens is 3. The van der Waals surface area contributed by atoms with E-state index in [1.165, 1.54) is 134 Å². The van der Waals surface area contributed by atoms with Crippen LogP contribution in [0.3, 0.4) is 0 Å². The molecule has 12 heterocycles. The number of aromatic carboxylic acids is 7. The molecule has 149 heavy (non-hydrogen) atoms. The van der Waals surface area contributed by atoms with Crippen molar-refractivity contribution in [3.8, 4) is 50.9 Å². The lowest BCUT2D eigenvalue weighted by molar-refractivity contribution is -0.137. The Morgan fingerprint density at radius 3 is 1.03 bits per heavy atom. The summed E-state index contributed by atoms with van der Waals surface area (Å²) in [6.07, 6.45) is 2.81. The predicted octanol–water partition coefficient (Wildman–Crippen LogP) is 24.3. The van der Waals surface area contributed by atoms with Crippen molar-refractivity contribution < 1.29 is 155 Å². The van der Waals surface area contributed by atoms with Gasteiger partial charge < -0.3 is 68.9 Å². The van der Waals surface area contributed by atoms with E-state index in [1.807, 2.05) is 125 Å². The van der Waals surface area contributed by atoms with Crippen LogP contribution >= 0.6 is 136 Å². The van der Waals surface area contributed by atoms with Crippen LogP contribution in [0, 0.1) is 76.2 Å². The van der Waals surface area contributed by atoms with Gasteiger partial charge in [0.25, 0.3) is 17.7 Å². The Labute approximate surface area is 910 Å². The molecule has 0 radical (unpaired) electrons. The first-order valence-corrected chi connectivity index (χ1v) is 59.2. The van der Waals surface area contributed by atoms with E-state index < -0.39 is 117 Å². The van der Waals surface area contributed by atoms with Gasteiger partial charge in [-0.15, -0.1) is 125 Å². The van der Waals surface area contributed by atoms with Gasteiger partial charge in [0.15, 0.2) is 25.3 Å². The first kappa shape index (κ1) is 132. The van der Waals surface area contributed by atoms with E-state index >= 15 is 0 Å². The molecule has 3 amide bonds. The van der Waals surface area contributed by atoms with Crippen LogP contribution in [0.15, 0.2) is 79.1 Å². The summed E-state index contributed by atoms with van der Waals surface area (Å²) in [5.74, 6) is -4.73. The lowest BCUT2D eigenvalue weighted by Gasteiger charge is -2.09. The molecule has 1 fully saturated rings. The number of carboxylic acid groups (broad SMARTS) is 7. The zero-order valence-corrected chi connectivity index (χ0v) is 97.6. The Morgan fingerprint density at radius 1 is 0.409 bits per heavy atom. The number of hydrogen-bond acceptors (Lipinski definition) is 36. The van der Waals surface area contributed by atoms with Gasteiger partial charge >= 0.3 is 48.0 Å². The molecule has 36 nitrogen and oxygen atoms in total. The molecule has 1 aliphatic rings. The minimum Gasteiger partial charge on any atom is -0.492 e. The van der Waals surface area contributed by atoms with Crippen molar-refractivity contribution in [1.82, 2.24) is 29.3 Å². The van der Waals surface area contributed by atoms with Crippen molar-refractivity contribution in [3.63, 3.8) is 0 Å². The second-order valence-electron chi connectivity index (χ2n) is 31.3. The molecule has 11 N–H and O–H groups in total. The molecule has 0 saturated heterocycles. The summed E-state index contributed by atoms with van der Waals surface area (Å²) in [6.45, 7) is 43.2. The summed E-state index contributed by atoms with van der Waals surface area (Å²) in [5.41, 5.74) is -0.123. The van der Waals surface area contributed by atoms with Crippen molar-refractivity contribution in [2.24, 2.45) is 0 Å². The van der Waals surface area contributed by atoms with Gasteiger partial charge in [-0.2, -0.15) is 18.3 Å². The number of amides is 3. The van der Waals surface area contributed by atoms with Crippen molar-refractivity contribution in [2.45, 2.75) is 214 Å². The fourth-order valence-corrected chi connectivity index (χ4v) is 23.2. The Kier molecular flexibility index (Phi) is 56.3. The molecule has 0 unspecified atom stereocenters. The number of carboxylic acids is 7. The first-order chi connectivity index (χ1) is 69.4. The second-order valence-corrected chi connectivity index (χ2v) is 51.5. The molecule has 1 aliphatic carbocycles. The van der Waals surface area contributed by atoms with Gasteiger partial charge in [0.05, 0.1) is 78.0 Å². The van der Waals surface area contributed by atoms with Crippen LogP contribution in [-0.4, -0.2) is 198 Å². The van der Waals surface area contributed by atoms with Gasteiger partial charge in [0, 0.05) is 53.6 Å². The van der Waals surface area contributed by atoms with Crippen molar-refractivity contribution in [3.05, 3.63) is 198 Å². The van der Waals surface area contributed by atoms with E-state index in [1.54, 1.807) is 73.7 Å². The average Bonchev–Trinajstić information content (AvgIpc) is 1.67. The van der Waals surface area contributed by atoms with Crippen molar-refractivity contribution >= 4 is 226 Å². The molecule has 0 bridgehead atoms. The topological polar surface area (TPSA) is 557 Å². The van der Waals surface area contributed by atoms with Gasteiger partial charge in [-0.3, -0.25) is 19.5 Å². The molecule has 0 atom stereocenters. The van der Waals surface area contributed by atoms with Gasteiger partial charge in [-0.05, 0) is 242 Å². The SMILES string of the molecule is CCCCOc1cc(C)sc1C(=O)O.CCCOc1cc(C)sc1C(=O)O.CCOc1cc(C)sc1C(=O)NS(=O)(=O)C(C)C.CCOc1cc(C)sc1C(=O)NS(=O)(=O)C1CC1.CCOc1cc(C)sc1C(=O)NS(C)(=O)=O.CCOc1cc(C)sc1C(=O)O.CCc1cc(C)sc1C(=O)O.Cc1cc(C(F)(F)F)c(C(=O)O)s1.Cc1cc(Cl)c(C(=O)O)s1.Cc1cc(OC(C)C)c(C(=O)O)s1.Cc1ccc(-c2ncn[nH]2)s1. The highest BCUT2D eigenvalue weighted by Crippen LogP contribution is 2.40. The van der Waals surface area contributed by atoms with Crippen LogP contribution < -0.4 is 47.3 Å². The number of ether oxygens (including phenoxy) is 7.